The smallest absolute Gasteiger partial charge is 0.339 e. The zero-order chi connectivity index (χ0) is 27.4. The van der Waals surface area contributed by atoms with Crippen molar-refractivity contribution in [1.29, 1.82) is 0 Å². The van der Waals surface area contributed by atoms with Crippen LogP contribution in [0.25, 0.3) is 22.2 Å². The monoisotopic (exact) mass is 523 g/mol. The summed E-state index contributed by atoms with van der Waals surface area (Å²) in [6, 6.07) is 23.0. The first kappa shape index (κ1) is 27.0. The molecule has 2 heterocycles. The molecule has 5 nitrogen and oxygen atoms in total. The molecule has 1 saturated heterocycles. The number of fused-ring (bicyclic) bond motifs is 1. The number of ether oxygens (including phenoxy) is 1. The fourth-order valence-electron chi connectivity index (χ4n) is 5.43. The number of rotatable bonds is 8. The van der Waals surface area contributed by atoms with Gasteiger partial charge in [0.15, 0.2) is 0 Å². The Balaban J connectivity index is 1.44. The predicted molar refractivity (Wildman–Crippen MR) is 161 cm³/mol. The molecule has 0 radical (unpaired) electrons. The number of anilines is 1. The van der Waals surface area contributed by atoms with Gasteiger partial charge in [0.05, 0.1) is 16.6 Å². The van der Waals surface area contributed by atoms with Crippen LogP contribution in [0.5, 0.6) is 0 Å². The number of unbranched alkanes of at least 4 members (excludes halogenated alkanes) is 1. The lowest BCUT2D eigenvalue weighted by molar-refractivity contribution is 0.00704. The molecular formula is C34H41N3O2. The van der Waals surface area contributed by atoms with Crippen LogP contribution in [0.4, 0.5) is 5.69 Å². The van der Waals surface area contributed by atoms with Crippen LogP contribution in [0.3, 0.4) is 0 Å². The Kier molecular flexibility index (Phi) is 8.06. The van der Waals surface area contributed by atoms with Crippen LogP contribution in [0, 0.1) is 0 Å². The molecule has 204 valence electrons. The highest BCUT2D eigenvalue weighted by Crippen LogP contribution is 2.29. The van der Waals surface area contributed by atoms with Crippen LogP contribution in [0.2, 0.25) is 0 Å². The van der Waals surface area contributed by atoms with Gasteiger partial charge in [-0.3, -0.25) is 0 Å². The van der Waals surface area contributed by atoms with Gasteiger partial charge in [-0.25, -0.2) is 9.78 Å². The third kappa shape index (κ3) is 6.35. The number of carbonyl (C=O) groups is 1. The molecule has 1 fully saturated rings. The van der Waals surface area contributed by atoms with Crippen molar-refractivity contribution < 1.29 is 9.53 Å². The van der Waals surface area contributed by atoms with Crippen molar-refractivity contribution in [2.45, 2.75) is 78.4 Å². The van der Waals surface area contributed by atoms with Gasteiger partial charge in [-0.05, 0) is 87.4 Å². The number of carbonyl (C=O) groups excluding carboxylic acids is 1. The highest BCUT2D eigenvalue weighted by Gasteiger charge is 2.21. The quantitative estimate of drug-likeness (QED) is 0.219. The van der Waals surface area contributed by atoms with Crippen molar-refractivity contribution in [2.75, 3.05) is 18.0 Å². The molecule has 0 amide bonds. The first-order valence-corrected chi connectivity index (χ1v) is 14.5. The van der Waals surface area contributed by atoms with Crippen molar-refractivity contribution in [3.8, 4) is 11.1 Å². The van der Waals surface area contributed by atoms with Gasteiger partial charge in [-0.2, -0.15) is 0 Å². The molecule has 0 N–H and O–H groups in total. The third-order valence-electron chi connectivity index (χ3n) is 7.44. The van der Waals surface area contributed by atoms with Gasteiger partial charge in [0.2, 0.25) is 0 Å². The van der Waals surface area contributed by atoms with Crippen LogP contribution < -0.4 is 4.90 Å². The maximum atomic E-state index is 12.9. The Bertz CT molecular complexity index is 1420. The molecule has 0 unspecified atom stereocenters. The third-order valence-corrected chi connectivity index (χ3v) is 7.44. The van der Waals surface area contributed by atoms with E-state index in [-0.39, 0.29) is 5.97 Å². The molecular weight excluding hydrogens is 482 g/mol. The van der Waals surface area contributed by atoms with E-state index in [1.807, 2.05) is 45.0 Å². The summed E-state index contributed by atoms with van der Waals surface area (Å²) in [7, 11) is 0. The maximum absolute atomic E-state index is 12.9. The van der Waals surface area contributed by atoms with Crippen molar-refractivity contribution in [1.82, 2.24) is 9.55 Å². The van der Waals surface area contributed by atoms with E-state index >= 15 is 0 Å². The molecule has 4 aromatic rings. The maximum Gasteiger partial charge on any atom is 0.339 e. The van der Waals surface area contributed by atoms with Crippen molar-refractivity contribution in [3.63, 3.8) is 0 Å². The van der Waals surface area contributed by atoms with E-state index in [1.54, 1.807) is 0 Å². The second-order valence-corrected chi connectivity index (χ2v) is 11.7. The molecule has 0 aliphatic carbocycles. The van der Waals surface area contributed by atoms with Gasteiger partial charge in [0, 0.05) is 31.7 Å². The van der Waals surface area contributed by atoms with Gasteiger partial charge in [-0.15, -0.1) is 0 Å². The Morgan fingerprint density at radius 2 is 1.69 bits per heavy atom. The molecule has 0 bridgehead atoms. The Hall–Kier alpha value is -3.60. The summed E-state index contributed by atoms with van der Waals surface area (Å²) in [6.45, 7) is 11.0. The molecule has 5 heteroatoms. The number of imidazole rings is 1. The molecule has 0 saturated carbocycles. The Morgan fingerprint density at radius 3 is 2.41 bits per heavy atom. The Labute approximate surface area is 232 Å². The minimum Gasteiger partial charge on any atom is -0.456 e. The lowest BCUT2D eigenvalue weighted by Gasteiger charge is -2.28. The number of piperidine rings is 1. The average molecular weight is 524 g/mol. The van der Waals surface area contributed by atoms with Crippen LogP contribution in [0.15, 0.2) is 66.7 Å². The predicted octanol–water partition coefficient (Wildman–Crippen LogP) is 8.04. The van der Waals surface area contributed by atoms with Crippen LogP contribution >= 0.6 is 0 Å². The summed E-state index contributed by atoms with van der Waals surface area (Å²) in [4.78, 5) is 20.5. The molecule has 5 rings (SSSR count). The van der Waals surface area contributed by atoms with Crippen LogP contribution in [0.1, 0.15) is 81.5 Å². The van der Waals surface area contributed by atoms with E-state index in [1.165, 1.54) is 36.0 Å². The summed E-state index contributed by atoms with van der Waals surface area (Å²) in [5.74, 6) is 0.860. The number of aryl methyl sites for hydroxylation is 1. The van der Waals surface area contributed by atoms with Gasteiger partial charge in [-0.1, -0.05) is 55.8 Å². The normalized spacial score (nSPS) is 14.1. The molecule has 3 aromatic carbocycles. The van der Waals surface area contributed by atoms with Gasteiger partial charge < -0.3 is 14.2 Å². The van der Waals surface area contributed by atoms with Crippen LogP contribution in [-0.2, 0) is 17.7 Å². The van der Waals surface area contributed by atoms with E-state index in [0.717, 1.165) is 61.4 Å². The summed E-state index contributed by atoms with van der Waals surface area (Å²) in [5.41, 5.74) is 6.76. The first-order chi connectivity index (χ1) is 18.8. The number of aromatic nitrogens is 2. The highest BCUT2D eigenvalue weighted by atomic mass is 16.6. The molecule has 0 spiro atoms. The fourth-order valence-corrected chi connectivity index (χ4v) is 5.43. The number of benzene rings is 3. The molecule has 0 atom stereocenters. The van der Waals surface area contributed by atoms with Gasteiger partial charge in [0.25, 0.3) is 0 Å². The highest BCUT2D eigenvalue weighted by molar-refractivity contribution is 5.97. The summed E-state index contributed by atoms with van der Waals surface area (Å²) in [6.07, 6.45) is 7.11. The molecule has 1 aliphatic heterocycles. The Morgan fingerprint density at radius 1 is 0.949 bits per heavy atom. The topological polar surface area (TPSA) is 47.4 Å². The molecule has 39 heavy (non-hydrogen) atoms. The average Bonchev–Trinajstić information content (AvgIpc) is 3.28. The van der Waals surface area contributed by atoms with E-state index in [9.17, 15) is 4.79 Å². The minimum absolute atomic E-state index is 0.294. The zero-order valence-electron chi connectivity index (χ0n) is 23.9. The molecule has 1 aromatic heterocycles. The van der Waals surface area contributed by atoms with Crippen LogP contribution in [-0.4, -0.2) is 34.2 Å². The lowest BCUT2D eigenvalue weighted by atomic mass is 9.98. The molecule has 1 aliphatic rings. The van der Waals surface area contributed by atoms with Gasteiger partial charge >= 0.3 is 5.97 Å². The minimum atomic E-state index is -0.537. The zero-order valence-corrected chi connectivity index (χ0v) is 23.9. The van der Waals surface area contributed by atoms with Crippen molar-refractivity contribution in [2.24, 2.45) is 0 Å². The summed E-state index contributed by atoms with van der Waals surface area (Å²) in [5, 5.41) is 0. The standard InChI is InChI=1S/C34H41N3O2/c1-5-6-14-32-35-30-20-19-27(36-21-10-7-11-22-36)23-31(30)37(32)24-25-15-17-26(18-16-25)28-12-8-9-13-29(28)33(38)39-34(2,3)4/h8-9,12-13,15-20,23H,5-7,10-11,14,21-22,24H2,1-4H3. The van der Waals surface area contributed by atoms with E-state index in [4.69, 9.17) is 9.72 Å². The summed E-state index contributed by atoms with van der Waals surface area (Å²) < 4.78 is 8.07. The number of hydrogen-bond acceptors (Lipinski definition) is 4. The SMILES string of the molecule is CCCCc1nc2ccc(N3CCCCC3)cc2n1Cc1ccc(-c2ccccc2C(=O)OC(C)(C)C)cc1. The van der Waals surface area contributed by atoms with E-state index in [0.29, 0.717) is 5.56 Å². The number of esters is 1. The second-order valence-electron chi connectivity index (χ2n) is 11.7. The number of hydrogen-bond donors (Lipinski definition) is 0. The van der Waals surface area contributed by atoms with E-state index in [2.05, 4.69) is 58.9 Å². The second kappa shape index (κ2) is 11.6. The fraction of sp³-hybridized carbons (Fsp3) is 0.412. The van der Waals surface area contributed by atoms with Crippen molar-refractivity contribution >= 4 is 22.7 Å². The van der Waals surface area contributed by atoms with Crippen molar-refractivity contribution in [3.05, 3.63) is 83.7 Å². The lowest BCUT2D eigenvalue weighted by Crippen LogP contribution is -2.29. The largest absolute Gasteiger partial charge is 0.456 e. The first-order valence-electron chi connectivity index (χ1n) is 14.5. The van der Waals surface area contributed by atoms with E-state index < -0.39 is 5.60 Å². The number of nitrogens with zero attached hydrogens (tertiary/aromatic N) is 3. The summed E-state index contributed by atoms with van der Waals surface area (Å²) >= 11 is 0. The van der Waals surface area contributed by atoms with Gasteiger partial charge in [0.1, 0.15) is 11.4 Å².